The number of carbonyl (C=O) groups is 1. The van der Waals surface area contributed by atoms with Gasteiger partial charge in [-0.2, -0.15) is 4.99 Å². The molecule has 80 valence electrons. The van der Waals surface area contributed by atoms with Crippen molar-refractivity contribution in [3.63, 3.8) is 0 Å². The van der Waals surface area contributed by atoms with Gasteiger partial charge in [-0.05, 0) is 30.7 Å². The zero-order chi connectivity index (χ0) is 11.4. The minimum atomic E-state index is -0.214. The van der Waals surface area contributed by atoms with Crippen LogP contribution in [0, 0.1) is 6.92 Å². The summed E-state index contributed by atoms with van der Waals surface area (Å²) in [5.74, 6) is -0.214. The Morgan fingerprint density at radius 2 is 2.13 bits per heavy atom. The number of amides is 1. The van der Waals surface area contributed by atoms with E-state index >= 15 is 0 Å². The molecule has 0 atom stereocenters. The largest absolute Gasteiger partial charge is 0.369 e. The molecule has 0 aromatic heterocycles. The summed E-state index contributed by atoms with van der Waals surface area (Å²) in [6.45, 7) is 1.89. The first-order chi connectivity index (χ1) is 7.00. The van der Waals surface area contributed by atoms with Gasteiger partial charge in [0.1, 0.15) is 0 Å². The molecular formula is C11H13BrN2O. The monoisotopic (exact) mass is 268 g/mol. The van der Waals surface area contributed by atoms with Crippen molar-refractivity contribution in [2.45, 2.75) is 6.92 Å². The molecule has 0 unspecified atom stereocenters. The van der Waals surface area contributed by atoms with E-state index in [9.17, 15) is 4.79 Å². The van der Waals surface area contributed by atoms with Crippen LogP contribution in [0.5, 0.6) is 0 Å². The zero-order valence-corrected chi connectivity index (χ0v) is 10.6. The SMILES string of the molecule is Cc1cc(Br)ccc1C(=O)/N=C\N(C)C. The molecule has 0 aliphatic rings. The molecule has 1 amide bonds. The van der Waals surface area contributed by atoms with Gasteiger partial charge in [0.15, 0.2) is 0 Å². The standard InChI is InChI=1S/C11H13BrN2O/c1-8-6-9(12)4-5-10(8)11(15)13-7-14(2)3/h4-7H,1-3H3/b13-7-. The summed E-state index contributed by atoms with van der Waals surface area (Å²) >= 11 is 3.35. The first-order valence-electron chi connectivity index (χ1n) is 4.52. The number of hydrogen-bond donors (Lipinski definition) is 0. The van der Waals surface area contributed by atoms with Crippen LogP contribution in [0.2, 0.25) is 0 Å². The highest BCUT2D eigenvalue weighted by Gasteiger charge is 2.06. The minimum absolute atomic E-state index is 0.214. The Hall–Kier alpha value is -1.16. The maximum absolute atomic E-state index is 11.6. The minimum Gasteiger partial charge on any atom is -0.369 e. The molecule has 0 heterocycles. The van der Waals surface area contributed by atoms with Gasteiger partial charge in [0.2, 0.25) is 0 Å². The Balaban J connectivity index is 2.92. The lowest BCUT2D eigenvalue weighted by atomic mass is 10.1. The van der Waals surface area contributed by atoms with E-state index in [-0.39, 0.29) is 5.91 Å². The average molecular weight is 269 g/mol. The lowest BCUT2D eigenvalue weighted by Crippen LogP contribution is -2.10. The Labute approximate surface area is 97.9 Å². The van der Waals surface area contributed by atoms with Crippen LogP contribution in [0.1, 0.15) is 15.9 Å². The van der Waals surface area contributed by atoms with E-state index in [1.54, 1.807) is 11.0 Å². The molecule has 1 aromatic carbocycles. The van der Waals surface area contributed by atoms with Crippen LogP contribution in [0.25, 0.3) is 0 Å². The number of nitrogens with zero attached hydrogens (tertiary/aromatic N) is 2. The molecule has 0 saturated carbocycles. The van der Waals surface area contributed by atoms with Crippen LogP contribution in [0.4, 0.5) is 0 Å². The van der Waals surface area contributed by atoms with E-state index in [4.69, 9.17) is 0 Å². The van der Waals surface area contributed by atoms with Gasteiger partial charge in [-0.1, -0.05) is 15.9 Å². The number of halogens is 1. The Morgan fingerprint density at radius 3 is 2.67 bits per heavy atom. The molecule has 0 aliphatic heterocycles. The fourth-order valence-electron chi connectivity index (χ4n) is 1.10. The maximum atomic E-state index is 11.6. The Bertz CT molecular complexity index is 400. The van der Waals surface area contributed by atoms with Gasteiger partial charge in [-0.3, -0.25) is 4.79 Å². The summed E-state index contributed by atoms with van der Waals surface area (Å²) in [5.41, 5.74) is 1.56. The number of benzene rings is 1. The van der Waals surface area contributed by atoms with Crippen LogP contribution >= 0.6 is 15.9 Å². The molecule has 1 aromatic rings. The predicted molar refractivity (Wildman–Crippen MR) is 65.4 cm³/mol. The smallest absolute Gasteiger partial charge is 0.278 e. The average Bonchev–Trinajstić information content (AvgIpc) is 2.14. The molecule has 0 spiro atoms. The summed E-state index contributed by atoms with van der Waals surface area (Å²) < 4.78 is 0.966. The maximum Gasteiger partial charge on any atom is 0.278 e. The summed E-state index contributed by atoms with van der Waals surface area (Å²) in [5, 5.41) is 0. The second-order valence-corrected chi connectivity index (χ2v) is 4.39. The van der Waals surface area contributed by atoms with Gasteiger partial charge in [-0.15, -0.1) is 0 Å². The van der Waals surface area contributed by atoms with Crippen molar-refractivity contribution in [3.8, 4) is 0 Å². The molecule has 0 radical (unpaired) electrons. The van der Waals surface area contributed by atoms with E-state index in [1.165, 1.54) is 6.34 Å². The quantitative estimate of drug-likeness (QED) is 0.610. The molecular weight excluding hydrogens is 256 g/mol. The molecule has 3 nitrogen and oxygen atoms in total. The number of rotatable bonds is 2. The highest BCUT2D eigenvalue weighted by molar-refractivity contribution is 9.10. The second-order valence-electron chi connectivity index (χ2n) is 3.47. The van der Waals surface area contributed by atoms with Gasteiger partial charge in [0, 0.05) is 24.1 Å². The van der Waals surface area contributed by atoms with E-state index in [0.717, 1.165) is 10.0 Å². The van der Waals surface area contributed by atoms with Crippen molar-refractivity contribution in [3.05, 3.63) is 33.8 Å². The van der Waals surface area contributed by atoms with E-state index < -0.39 is 0 Å². The molecule has 1 rings (SSSR count). The summed E-state index contributed by atoms with van der Waals surface area (Å²) in [7, 11) is 3.65. The normalized spacial score (nSPS) is 10.7. The van der Waals surface area contributed by atoms with Crippen molar-refractivity contribution < 1.29 is 4.79 Å². The summed E-state index contributed by atoms with van der Waals surface area (Å²) in [4.78, 5) is 17.2. The Kier molecular flexibility index (Phi) is 4.03. The summed E-state index contributed by atoms with van der Waals surface area (Å²) in [6.07, 6.45) is 1.50. The van der Waals surface area contributed by atoms with Crippen molar-refractivity contribution in [1.29, 1.82) is 0 Å². The van der Waals surface area contributed by atoms with Gasteiger partial charge in [0.05, 0.1) is 6.34 Å². The van der Waals surface area contributed by atoms with Crippen molar-refractivity contribution in [2.75, 3.05) is 14.1 Å². The molecule has 15 heavy (non-hydrogen) atoms. The topological polar surface area (TPSA) is 32.7 Å². The first kappa shape index (κ1) is 11.9. The number of hydrogen-bond acceptors (Lipinski definition) is 1. The molecule has 0 saturated heterocycles. The third-order valence-corrected chi connectivity index (χ3v) is 2.32. The van der Waals surface area contributed by atoms with Gasteiger partial charge in [0.25, 0.3) is 5.91 Å². The molecule has 4 heteroatoms. The van der Waals surface area contributed by atoms with Crippen molar-refractivity contribution in [1.82, 2.24) is 4.90 Å². The van der Waals surface area contributed by atoms with E-state index in [2.05, 4.69) is 20.9 Å². The van der Waals surface area contributed by atoms with Crippen LogP contribution < -0.4 is 0 Å². The van der Waals surface area contributed by atoms with Crippen LogP contribution in [-0.2, 0) is 0 Å². The molecule has 0 fully saturated rings. The Morgan fingerprint density at radius 1 is 1.47 bits per heavy atom. The van der Waals surface area contributed by atoms with Crippen molar-refractivity contribution in [2.24, 2.45) is 4.99 Å². The highest BCUT2D eigenvalue weighted by atomic mass is 79.9. The molecule has 0 N–H and O–H groups in total. The fraction of sp³-hybridized carbons (Fsp3) is 0.273. The number of aryl methyl sites for hydroxylation is 1. The zero-order valence-electron chi connectivity index (χ0n) is 8.99. The molecule has 0 bridgehead atoms. The lowest BCUT2D eigenvalue weighted by Gasteiger charge is -2.04. The molecule has 0 aliphatic carbocycles. The number of aliphatic imine (C=N–C) groups is 1. The van der Waals surface area contributed by atoms with Gasteiger partial charge in [-0.25, -0.2) is 0 Å². The van der Waals surface area contributed by atoms with Crippen LogP contribution in [0.15, 0.2) is 27.7 Å². The third kappa shape index (κ3) is 3.47. The lowest BCUT2D eigenvalue weighted by molar-refractivity contribution is 0.100. The third-order valence-electron chi connectivity index (χ3n) is 1.82. The van der Waals surface area contributed by atoms with Gasteiger partial charge < -0.3 is 4.90 Å². The number of carbonyl (C=O) groups excluding carboxylic acids is 1. The van der Waals surface area contributed by atoms with Crippen molar-refractivity contribution >= 4 is 28.2 Å². The van der Waals surface area contributed by atoms with E-state index in [0.29, 0.717) is 5.56 Å². The van der Waals surface area contributed by atoms with Gasteiger partial charge >= 0.3 is 0 Å². The summed E-state index contributed by atoms with van der Waals surface area (Å²) in [6, 6.07) is 5.51. The first-order valence-corrected chi connectivity index (χ1v) is 5.31. The predicted octanol–water partition coefficient (Wildman–Crippen LogP) is 2.49. The van der Waals surface area contributed by atoms with E-state index in [1.807, 2.05) is 33.2 Å². The van der Waals surface area contributed by atoms with Crippen LogP contribution in [-0.4, -0.2) is 31.2 Å². The highest BCUT2D eigenvalue weighted by Crippen LogP contribution is 2.16. The fourth-order valence-corrected chi connectivity index (χ4v) is 1.58. The van der Waals surface area contributed by atoms with Crippen LogP contribution in [0.3, 0.4) is 0 Å². The second kappa shape index (κ2) is 5.07.